The number of hydrogen-bond donors (Lipinski definition) is 2. The molecule has 0 saturated carbocycles. The third-order valence-electron chi connectivity index (χ3n) is 4.70. The first kappa shape index (κ1) is 24.5. The van der Waals surface area contributed by atoms with Crippen LogP contribution in [-0.4, -0.2) is 32.5 Å². The Morgan fingerprint density at radius 2 is 1.59 bits per heavy atom. The minimum atomic E-state index is -3.82. The molecule has 0 bridgehead atoms. The number of carbonyl (C=O) groups is 1. The monoisotopic (exact) mass is 485 g/mol. The predicted molar refractivity (Wildman–Crippen MR) is 127 cm³/mol. The average Bonchev–Trinajstić information content (AvgIpc) is 2.80. The van der Waals surface area contributed by atoms with Crippen LogP contribution in [-0.2, 0) is 14.8 Å². The van der Waals surface area contributed by atoms with Gasteiger partial charge in [0.15, 0.2) is 6.61 Å². The summed E-state index contributed by atoms with van der Waals surface area (Å²) in [6, 6.07) is 16.5. The molecule has 3 aromatic carbocycles. The smallest absolute Gasteiger partial charge is 0.274 e. The Labute approximate surface area is 196 Å². The van der Waals surface area contributed by atoms with Crippen LogP contribution in [0.25, 0.3) is 0 Å². The molecule has 10 nitrogen and oxygen atoms in total. The van der Waals surface area contributed by atoms with Gasteiger partial charge >= 0.3 is 0 Å². The van der Waals surface area contributed by atoms with E-state index in [0.29, 0.717) is 29.3 Å². The summed E-state index contributed by atoms with van der Waals surface area (Å²) in [6.07, 6.45) is 0. The van der Waals surface area contributed by atoms with Crippen LogP contribution in [0.2, 0.25) is 0 Å². The van der Waals surface area contributed by atoms with E-state index in [2.05, 4.69) is 10.0 Å². The van der Waals surface area contributed by atoms with Crippen molar-refractivity contribution in [1.29, 1.82) is 0 Å². The Bertz CT molecular complexity index is 1270. The van der Waals surface area contributed by atoms with Gasteiger partial charge in [-0.1, -0.05) is 6.07 Å². The largest absolute Gasteiger partial charge is 0.494 e. The number of nitro benzene ring substituents is 1. The van der Waals surface area contributed by atoms with Crippen molar-refractivity contribution >= 4 is 33.0 Å². The van der Waals surface area contributed by atoms with E-state index < -0.39 is 20.9 Å². The van der Waals surface area contributed by atoms with Crippen molar-refractivity contribution in [3.63, 3.8) is 0 Å². The second kappa shape index (κ2) is 10.7. The molecule has 0 unspecified atom stereocenters. The van der Waals surface area contributed by atoms with E-state index in [1.807, 2.05) is 6.92 Å². The molecule has 0 aliphatic rings. The fourth-order valence-electron chi connectivity index (χ4n) is 3.01. The van der Waals surface area contributed by atoms with Crippen molar-refractivity contribution in [1.82, 2.24) is 0 Å². The number of ether oxygens (including phenoxy) is 2. The van der Waals surface area contributed by atoms with Gasteiger partial charge in [0, 0.05) is 11.8 Å². The van der Waals surface area contributed by atoms with Gasteiger partial charge in [-0.05, 0) is 68.4 Å². The number of nitrogens with one attached hydrogen (secondary N) is 2. The topological polar surface area (TPSA) is 137 Å². The summed E-state index contributed by atoms with van der Waals surface area (Å²) in [5.41, 5.74) is 0.922. The third-order valence-corrected chi connectivity index (χ3v) is 6.09. The minimum absolute atomic E-state index is 0.0189. The Hall–Kier alpha value is -4.12. The zero-order valence-corrected chi connectivity index (χ0v) is 19.3. The summed E-state index contributed by atoms with van der Waals surface area (Å²) in [4.78, 5) is 22.7. The van der Waals surface area contributed by atoms with Crippen LogP contribution in [0.3, 0.4) is 0 Å². The molecule has 0 spiro atoms. The third kappa shape index (κ3) is 6.23. The first-order valence-electron chi connectivity index (χ1n) is 10.2. The van der Waals surface area contributed by atoms with Crippen LogP contribution in [0.4, 0.5) is 17.1 Å². The number of nitrogens with zero attached hydrogens (tertiary/aromatic N) is 1. The lowest BCUT2D eigenvalue weighted by molar-refractivity contribution is -0.385. The molecule has 11 heteroatoms. The van der Waals surface area contributed by atoms with E-state index in [4.69, 9.17) is 9.47 Å². The highest BCUT2D eigenvalue weighted by Gasteiger charge is 2.16. The number of benzene rings is 3. The van der Waals surface area contributed by atoms with Crippen LogP contribution in [0, 0.1) is 17.0 Å². The molecule has 0 aliphatic carbocycles. The van der Waals surface area contributed by atoms with Crippen LogP contribution in [0.5, 0.6) is 11.5 Å². The van der Waals surface area contributed by atoms with Gasteiger partial charge in [0.2, 0.25) is 0 Å². The molecule has 1 amide bonds. The first-order chi connectivity index (χ1) is 16.2. The van der Waals surface area contributed by atoms with Gasteiger partial charge in [-0.2, -0.15) is 0 Å². The van der Waals surface area contributed by atoms with E-state index >= 15 is 0 Å². The van der Waals surface area contributed by atoms with Gasteiger partial charge < -0.3 is 14.8 Å². The van der Waals surface area contributed by atoms with E-state index in [1.165, 1.54) is 43.3 Å². The minimum Gasteiger partial charge on any atom is -0.494 e. The number of sulfonamides is 1. The molecule has 0 atom stereocenters. The SMILES string of the molecule is CCOc1ccc(NS(=O)(=O)c2ccc(OCC(=O)Nc3cccc([N+](=O)[O-])c3C)cc2)cc1. The highest BCUT2D eigenvalue weighted by atomic mass is 32.2. The van der Waals surface area contributed by atoms with E-state index in [1.54, 1.807) is 30.3 Å². The van der Waals surface area contributed by atoms with Gasteiger partial charge in [0.25, 0.3) is 21.6 Å². The zero-order chi connectivity index (χ0) is 24.7. The number of amides is 1. The molecular weight excluding hydrogens is 462 g/mol. The molecule has 0 fully saturated rings. The molecule has 0 radical (unpaired) electrons. The second-order valence-electron chi connectivity index (χ2n) is 7.08. The van der Waals surface area contributed by atoms with Crippen molar-refractivity contribution < 1.29 is 27.6 Å². The van der Waals surface area contributed by atoms with Crippen LogP contribution < -0.4 is 19.5 Å². The van der Waals surface area contributed by atoms with Crippen LogP contribution in [0.15, 0.2) is 71.6 Å². The van der Waals surface area contributed by atoms with Crippen molar-refractivity contribution in [3.8, 4) is 11.5 Å². The average molecular weight is 486 g/mol. The molecule has 3 rings (SSSR count). The van der Waals surface area contributed by atoms with Gasteiger partial charge in [0.05, 0.1) is 27.7 Å². The van der Waals surface area contributed by atoms with Crippen molar-refractivity contribution in [3.05, 3.63) is 82.4 Å². The molecule has 34 heavy (non-hydrogen) atoms. The highest BCUT2D eigenvalue weighted by molar-refractivity contribution is 7.92. The summed E-state index contributed by atoms with van der Waals surface area (Å²) in [7, 11) is -3.82. The molecule has 0 saturated heterocycles. The quantitative estimate of drug-likeness (QED) is 0.325. The molecule has 0 heterocycles. The Kier molecular flexibility index (Phi) is 7.69. The fraction of sp³-hybridized carbons (Fsp3) is 0.174. The first-order valence-corrected chi connectivity index (χ1v) is 11.7. The fourth-order valence-corrected chi connectivity index (χ4v) is 4.07. The standard InChI is InChI=1S/C23H23N3O7S/c1-3-32-18-9-7-17(8-10-18)25-34(30,31)20-13-11-19(12-14-20)33-15-23(27)24-21-5-4-6-22(16(21)2)26(28)29/h4-14,25H,3,15H2,1-2H3,(H,24,27). The lowest BCUT2D eigenvalue weighted by Crippen LogP contribution is -2.21. The Balaban J connectivity index is 1.58. The Morgan fingerprint density at radius 1 is 0.971 bits per heavy atom. The molecule has 178 valence electrons. The van der Waals surface area contributed by atoms with Gasteiger partial charge in [-0.25, -0.2) is 8.42 Å². The van der Waals surface area contributed by atoms with Gasteiger partial charge in [0.1, 0.15) is 11.5 Å². The van der Waals surface area contributed by atoms with Crippen molar-refractivity contribution in [2.24, 2.45) is 0 Å². The van der Waals surface area contributed by atoms with E-state index in [-0.39, 0.29) is 22.9 Å². The maximum Gasteiger partial charge on any atom is 0.274 e. The highest BCUT2D eigenvalue weighted by Crippen LogP contribution is 2.25. The second-order valence-corrected chi connectivity index (χ2v) is 8.76. The molecule has 3 aromatic rings. The summed E-state index contributed by atoms with van der Waals surface area (Å²) in [6.45, 7) is 3.54. The zero-order valence-electron chi connectivity index (χ0n) is 18.5. The number of hydrogen-bond acceptors (Lipinski definition) is 7. The Morgan fingerprint density at radius 3 is 2.21 bits per heavy atom. The molecule has 0 aliphatic heterocycles. The maximum atomic E-state index is 12.6. The van der Waals surface area contributed by atoms with Crippen molar-refractivity contribution in [2.45, 2.75) is 18.7 Å². The maximum absolute atomic E-state index is 12.6. The van der Waals surface area contributed by atoms with Gasteiger partial charge in [-0.3, -0.25) is 19.6 Å². The lowest BCUT2D eigenvalue weighted by Gasteiger charge is -2.11. The van der Waals surface area contributed by atoms with Crippen LogP contribution >= 0.6 is 0 Å². The van der Waals surface area contributed by atoms with E-state index in [9.17, 15) is 23.3 Å². The summed E-state index contributed by atoms with van der Waals surface area (Å²) in [5, 5.41) is 13.6. The number of nitro groups is 1. The molecule has 2 N–H and O–H groups in total. The number of anilines is 2. The number of carbonyl (C=O) groups excluding carboxylic acids is 1. The molecule has 0 aromatic heterocycles. The van der Waals surface area contributed by atoms with E-state index in [0.717, 1.165) is 0 Å². The predicted octanol–water partition coefficient (Wildman–Crippen LogP) is 4.12. The van der Waals surface area contributed by atoms with Crippen LogP contribution in [0.1, 0.15) is 12.5 Å². The summed E-state index contributed by atoms with van der Waals surface area (Å²) in [5.74, 6) is 0.403. The summed E-state index contributed by atoms with van der Waals surface area (Å²) >= 11 is 0. The number of rotatable bonds is 10. The molecular formula is C23H23N3O7S. The van der Waals surface area contributed by atoms with Crippen molar-refractivity contribution in [2.75, 3.05) is 23.3 Å². The normalized spacial score (nSPS) is 10.9. The van der Waals surface area contributed by atoms with Gasteiger partial charge in [-0.15, -0.1) is 0 Å². The summed E-state index contributed by atoms with van der Waals surface area (Å²) < 4.78 is 38.4. The lowest BCUT2D eigenvalue weighted by atomic mass is 10.1.